The molecule has 0 aliphatic heterocycles. The monoisotopic (exact) mass is 273 g/mol. The van der Waals surface area contributed by atoms with Crippen molar-refractivity contribution in [3.63, 3.8) is 0 Å². The van der Waals surface area contributed by atoms with Crippen molar-refractivity contribution in [3.05, 3.63) is 42.0 Å². The van der Waals surface area contributed by atoms with E-state index < -0.39 is 0 Å². The zero-order chi connectivity index (χ0) is 14.5. The molecule has 1 aromatic heterocycles. The number of nitrogens with one attached hydrogen (secondary N) is 2. The molecule has 2 N–H and O–H groups in total. The van der Waals surface area contributed by atoms with Gasteiger partial charge < -0.3 is 15.2 Å². The molecule has 0 saturated heterocycles. The average molecular weight is 273 g/mol. The highest BCUT2D eigenvalue weighted by molar-refractivity contribution is 5.89. The van der Waals surface area contributed by atoms with Crippen LogP contribution in [0.2, 0.25) is 0 Å². The minimum Gasteiger partial charge on any atom is -0.326 e. The fourth-order valence-electron chi connectivity index (χ4n) is 2.02. The van der Waals surface area contributed by atoms with Gasteiger partial charge in [0.05, 0.1) is 6.04 Å². The fourth-order valence-corrected chi connectivity index (χ4v) is 2.02. The Morgan fingerprint density at radius 3 is 2.80 bits per heavy atom. The van der Waals surface area contributed by atoms with Crippen LogP contribution >= 0.6 is 0 Å². The van der Waals surface area contributed by atoms with E-state index in [1.54, 1.807) is 6.33 Å². The minimum atomic E-state index is -0.0706. The topological polar surface area (TPSA) is 71.8 Å². The molecule has 0 fully saturated rings. The summed E-state index contributed by atoms with van der Waals surface area (Å²) in [7, 11) is 1.92. The summed E-state index contributed by atoms with van der Waals surface area (Å²) in [6.07, 6.45) is 1.68. The molecule has 20 heavy (non-hydrogen) atoms. The van der Waals surface area contributed by atoms with Crippen LogP contribution in [0.4, 0.5) is 5.69 Å². The van der Waals surface area contributed by atoms with Crippen molar-refractivity contribution in [1.82, 2.24) is 20.1 Å². The van der Waals surface area contributed by atoms with Gasteiger partial charge in [0.2, 0.25) is 5.91 Å². The van der Waals surface area contributed by atoms with Crippen LogP contribution in [0.3, 0.4) is 0 Å². The van der Waals surface area contributed by atoms with Crippen molar-refractivity contribution in [2.45, 2.75) is 26.4 Å². The van der Waals surface area contributed by atoms with E-state index in [9.17, 15) is 4.79 Å². The second-order valence-electron chi connectivity index (χ2n) is 4.74. The molecule has 0 radical (unpaired) electrons. The molecule has 6 nitrogen and oxygen atoms in total. The molecule has 0 aliphatic rings. The largest absolute Gasteiger partial charge is 0.326 e. The standard InChI is InChI=1S/C14H19N5O/c1-10(14-18-16-9-19(14)3)15-8-12-6-4-5-7-13(12)17-11(2)20/h4-7,9-10,15H,8H2,1-3H3,(H,17,20). The Morgan fingerprint density at radius 1 is 1.40 bits per heavy atom. The quantitative estimate of drug-likeness (QED) is 0.868. The second kappa shape index (κ2) is 6.29. The number of aryl methyl sites for hydroxylation is 1. The van der Waals surface area contributed by atoms with E-state index in [1.165, 1.54) is 6.92 Å². The lowest BCUT2D eigenvalue weighted by atomic mass is 10.1. The molecule has 0 saturated carbocycles. The van der Waals surface area contributed by atoms with Gasteiger partial charge in [-0.25, -0.2) is 0 Å². The van der Waals surface area contributed by atoms with Gasteiger partial charge in [-0.1, -0.05) is 18.2 Å². The van der Waals surface area contributed by atoms with Gasteiger partial charge in [-0.2, -0.15) is 0 Å². The van der Waals surface area contributed by atoms with Gasteiger partial charge in [0, 0.05) is 26.2 Å². The minimum absolute atomic E-state index is 0.0706. The highest BCUT2D eigenvalue weighted by Gasteiger charge is 2.11. The Hall–Kier alpha value is -2.21. The molecular weight excluding hydrogens is 254 g/mol. The smallest absolute Gasteiger partial charge is 0.221 e. The lowest BCUT2D eigenvalue weighted by molar-refractivity contribution is -0.114. The van der Waals surface area contributed by atoms with Crippen molar-refractivity contribution in [2.24, 2.45) is 7.05 Å². The van der Waals surface area contributed by atoms with E-state index in [-0.39, 0.29) is 11.9 Å². The lowest BCUT2D eigenvalue weighted by Gasteiger charge is -2.15. The SMILES string of the molecule is CC(=O)Nc1ccccc1CNC(C)c1nncn1C. The predicted molar refractivity (Wildman–Crippen MR) is 77.0 cm³/mol. The number of carbonyl (C=O) groups is 1. The average Bonchev–Trinajstić information content (AvgIpc) is 2.83. The second-order valence-corrected chi connectivity index (χ2v) is 4.74. The van der Waals surface area contributed by atoms with Gasteiger partial charge in [0.15, 0.2) is 0 Å². The molecule has 1 aromatic carbocycles. The van der Waals surface area contributed by atoms with Crippen LogP contribution in [0.15, 0.2) is 30.6 Å². The third-order valence-corrected chi connectivity index (χ3v) is 3.06. The van der Waals surface area contributed by atoms with Gasteiger partial charge in [0.1, 0.15) is 12.2 Å². The molecule has 6 heteroatoms. The molecule has 0 spiro atoms. The molecule has 2 rings (SSSR count). The van der Waals surface area contributed by atoms with Gasteiger partial charge >= 0.3 is 0 Å². The van der Waals surface area contributed by atoms with Crippen molar-refractivity contribution in [3.8, 4) is 0 Å². The van der Waals surface area contributed by atoms with Crippen molar-refractivity contribution in [2.75, 3.05) is 5.32 Å². The molecule has 2 aromatic rings. The summed E-state index contributed by atoms with van der Waals surface area (Å²) in [5, 5.41) is 14.2. The Kier molecular flexibility index (Phi) is 4.47. The summed E-state index contributed by atoms with van der Waals surface area (Å²) in [6.45, 7) is 4.18. The van der Waals surface area contributed by atoms with E-state index in [0.29, 0.717) is 6.54 Å². The first-order valence-corrected chi connectivity index (χ1v) is 6.50. The maximum atomic E-state index is 11.2. The number of hydrogen-bond donors (Lipinski definition) is 2. The number of carbonyl (C=O) groups excluding carboxylic acids is 1. The summed E-state index contributed by atoms with van der Waals surface area (Å²) in [5.41, 5.74) is 1.87. The Labute approximate surface area is 118 Å². The third kappa shape index (κ3) is 3.42. The maximum absolute atomic E-state index is 11.2. The fraction of sp³-hybridized carbons (Fsp3) is 0.357. The first kappa shape index (κ1) is 14.2. The first-order valence-electron chi connectivity index (χ1n) is 6.50. The molecule has 1 amide bonds. The van der Waals surface area contributed by atoms with Crippen LogP contribution < -0.4 is 10.6 Å². The number of rotatable bonds is 5. The first-order chi connectivity index (χ1) is 9.58. The van der Waals surface area contributed by atoms with Gasteiger partial charge in [-0.3, -0.25) is 4.79 Å². The molecule has 1 unspecified atom stereocenters. The van der Waals surface area contributed by atoms with E-state index >= 15 is 0 Å². The van der Waals surface area contributed by atoms with Crippen molar-refractivity contribution in [1.29, 1.82) is 0 Å². The number of para-hydroxylation sites is 1. The molecule has 106 valence electrons. The number of nitrogens with zero attached hydrogens (tertiary/aromatic N) is 3. The van der Waals surface area contributed by atoms with Crippen molar-refractivity contribution >= 4 is 11.6 Å². The zero-order valence-corrected chi connectivity index (χ0v) is 11.9. The third-order valence-electron chi connectivity index (χ3n) is 3.06. The highest BCUT2D eigenvalue weighted by Crippen LogP contribution is 2.16. The number of anilines is 1. The molecule has 0 bridgehead atoms. The molecule has 1 heterocycles. The summed E-state index contributed by atoms with van der Waals surface area (Å²) in [6, 6.07) is 7.82. The van der Waals surface area contributed by atoms with E-state index in [4.69, 9.17) is 0 Å². The lowest BCUT2D eigenvalue weighted by Crippen LogP contribution is -2.22. The Morgan fingerprint density at radius 2 is 2.15 bits per heavy atom. The van der Waals surface area contributed by atoms with Gasteiger partial charge in [-0.15, -0.1) is 10.2 Å². The number of benzene rings is 1. The van der Waals surface area contributed by atoms with Gasteiger partial charge in [0.25, 0.3) is 0 Å². The Balaban J connectivity index is 2.04. The van der Waals surface area contributed by atoms with Crippen LogP contribution in [0, 0.1) is 0 Å². The summed E-state index contributed by atoms with van der Waals surface area (Å²) in [4.78, 5) is 11.2. The van der Waals surface area contributed by atoms with Crippen LogP contribution in [0.1, 0.15) is 31.3 Å². The predicted octanol–water partition coefficient (Wildman–Crippen LogP) is 1.62. The normalized spacial score (nSPS) is 12.2. The summed E-state index contributed by atoms with van der Waals surface area (Å²) in [5.74, 6) is 0.806. The highest BCUT2D eigenvalue weighted by atomic mass is 16.1. The van der Waals surface area contributed by atoms with Crippen LogP contribution in [-0.2, 0) is 18.4 Å². The van der Waals surface area contributed by atoms with E-state index in [0.717, 1.165) is 17.1 Å². The number of hydrogen-bond acceptors (Lipinski definition) is 4. The maximum Gasteiger partial charge on any atom is 0.221 e. The molecule has 1 atom stereocenters. The Bertz CT molecular complexity index is 593. The number of aromatic nitrogens is 3. The summed E-state index contributed by atoms with van der Waals surface area (Å²) < 4.78 is 1.89. The van der Waals surface area contributed by atoms with Gasteiger partial charge in [-0.05, 0) is 18.6 Å². The molecular formula is C14H19N5O. The van der Waals surface area contributed by atoms with E-state index in [1.807, 2.05) is 42.8 Å². The van der Waals surface area contributed by atoms with Crippen LogP contribution in [0.25, 0.3) is 0 Å². The zero-order valence-electron chi connectivity index (χ0n) is 11.9. The van der Waals surface area contributed by atoms with Crippen molar-refractivity contribution < 1.29 is 4.79 Å². The number of amides is 1. The van der Waals surface area contributed by atoms with Crippen LogP contribution in [-0.4, -0.2) is 20.7 Å². The molecule has 0 aliphatic carbocycles. The summed E-state index contributed by atoms with van der Waals surface area (Å²) >= 11 is 0. The van der Waals surface area contributed by atoms with Crippen LogP contribution in [0.5, 0.6) is 0 Å². The van der Waals surface area contributed by atoms with E-state index in [2.05, 4.69) is 20.8 Å².